The second kappa shape index (κ2) is 7.20. The third-order valence-electron chi connectivity index (χ3n) is 3.97. The molecular formula is C14H26N4S. The molecule has 0 aliphatic heterocycles. The van der Waals surface area contributed by atoms with E-state index in [9.17, 15) is 0 Å². The molecule has 19 heavy (non-hydrogen) atoms. The summed E-state index contributed by atoms with van der Waals surface area (Å²) in [5, 5.41) is 8.61. The lowest BCUT2D eigenvalue weighted by Gasteiger charge is -2.28. The number of hydrogen-bond donors (Lipinski definition) is 1. The third-order valence-corrected chi connectivity index (χ3v) is 4.76. The Kier molecular flexibility index (Phi) is 5.58. The predicted octanol–water partition coefficient (Wildman–Crippen LogP) is 3.37. The van der Waals surface area contributed by atoms with E-state index < -0.39 is 0 Å². The second-order valence-corrected chi connectivity index (χ2v) is 6.64. The van der Waals surface area contributed by atoms with E-state index >= 15 is 0 Å². The highest BCUT2D eigenvalue weighted by atomic mass is 32.1. The lowest BCUT2D eigenvalue weighted by Crippen LogP contribution is -2.34. The zero-order valence-electron chi connectivity index (χ0n) is 12.4. The molecule has 1 fully saturated rings. The van der Waals surface area contributed by atoms with Gasteiger partial charge in [0.05, 0.1) is 0 Å². The molecule has 0 saturated heterocycles. The summed E-state index contributed by atoms with van der Waals surface area (Å²) < 4.78 is 4.07. The molecule has 2 rings (SSSR count). The first kappa shape index (κ1) is 14.7. The fraction of sp³-hybridized carbons (Fsp3) is 0.857. The van der Waals surface area contributed by atoms with Crippen molar-refractivity contribution < 1.29 is 0 Å². The van der Waals surface area contributed by atoms with E-state index in [1.54, 1.807) is 0 Å². The van der Waals surface area contributed by atoms with Gasteiger partial charge < -0.3 is 5.32 Å². The van der Waals surface area contributed by atoms with Crippen LogP contribution in [0.25, 0.3) is 0 Å². The molecule has 4 nitrogen and oxygen atoms in total. The van der Waals surface area contributed by atoms with Gasteiger partial charge in [0.2, 0.25) is 0 Å². The van der Waals surface area contributed by atoms with E-state index in [-0.39, 0.29) is 0 Å². The van der Waals surface area contributed by atoms with Crippen LogP contribution < -0.4 is 5.32 Å². The van der Waals surface area contributed by atoms with E-state index in [4.69, 9.17) is 0 Å². The standard InChI is InChI=1S/C14H26N4S/c1-11(2)8-9-18(12-6-4-5-7-12)10-13-14(15-3)19-17-16-13/h11-12,15H,4-10H2,1-3H3. The van der Waals surface area contributed by atoms with Crippen LogP contribution in [0, 0.1) is 5.92 Å². The largest absolute Gasteiger partial charge is 0.377 e. The maximum Gasteiger partial charge on any atom is 0.134 e. The summed E-state index contributed by atoms with van der Waals surface area (Å²) in [6.07, 6.45) is 6.74. The van der Waals surface area contributed by atoms with Gasteiger partial charge in [-0.3, -0.25) is 4.90 Å². The van der Waals surface area contributed by atoms with E-state index in [1.807, 2.05) is 7.05 Å². The maximum atomic E-state index is 4.29. The average Bonchev–Trinajstić information content (AvgIpc) is 3.04. The number of aromatic nitrogens is 2. The lowest BCUT2D eigenvalue weighted by molar-refractivity contribution is 0.177. The van der Waals surface area contributed by atoms with Gasteiger partial charge in [0, 0.05) is 31.2 Å². The van der Waals surface area contributed by atoms with Gasteiger partial charge in [0.1, 0.15) is 10.7 Å². The van der Waals surface area contributed by atoms with Crippen LogP contribution in [0.1, 0.15) is 51.6 Å². The molecule has 1 aromatic rings. The quantitative estimate of drug-likeness (QED) is 0.832. The molecular weight excluding hydrogens is 256 g/mol. The highest BCUT2D eigenvalue weighted by molar-refractivity contribution is 7.10. The van der Waals surface area contributed by atoms with Crippen LogP contribution >= 0.6 is 11.5 Å². The highest BCUT2D eigenvalue weighted by Gasteiger charge is 2.24. The number of nitrogens with zero attached hydrogens (tertiary/aromatic N) is 3. The zero-order chi connectivity index (χ0) is 13.7. The molecule has 0 spiro atoms. The van der Waals surface area contributed by atoms with Crippen molar-refractivity contribution in [2.45, 2.75) is 58.5 Å². The van der Waals surface area contributed by atoms with Gasteiger partial charge in [-0.1, -0.05) is 31.2 Å². The van der Waals surface area contributed by atoms with Crippen LogP contribution in [0.3, 0.4) is 0 Å². The lowest BCUT2D eigenvalue weighted by atomic mass is 10.1. The normalized spacial score (nSPS) is 16.7. The van der Waals surface area contributed by atoms with Crippen molar-refractivity contribution in [2.24, 2.45) is 5.92 Å². The molecule has 0 radical (unpaired) electrons. The summed E-state index contributed by atoms with van der Waals surface area (Å²) >= 11 is 1.46. The summed E-state index contributed by atoms with van der Waals surface area (Å²) in [5.74, 6) is 0.765. The van der Waals surface area contributed by atoms with Crippen LogP contribution in [0.15, 0.2) is 0 Å². The number of nitrogens with one attached hydrogen (secondary N) is 1. The van der Waals surface area contributed by atoms with Crippen molar-refractivity contribution in [3.8, 4) is 0 Å². The van der Waals surface area contributed by atoms with Crippen LogP contribution in [0.2, 0.25) is 0 Å². The Morgan fingerprint density at radius 3 is 2.74 bits per heavy atom. The minimum Gasteiger partial charge on any atom is -0.377 e. The predicted molar refractivity (Wildman–Crippen MR) is 81.6 cm³/mol. The molecule has 0 amide bonds. The van der Waals surface area contributed by atoms with Gasteiger partial charge in [-0.05, 0) is 31.7 Å². The number of rotatable bonds is 7. The summed E-state index contributed by atoms with van der Waals surface area (Å²) in [5.41, 5.74) is 1.11. The SMILES string of the molecule is CNc1snnc1CN(CCC(C)C)C1CCCC1. The monoisotopic (exact) mass is 282 g/mol. The van der Waals surface area contributed by atoms with E-state index in [1.165, 1.54) is 50.2 Å². The van der Waals surface area contributed by atoms with Crippen LogP contribution in [-0.2, 0) is 6.54 Å². The van der Waals surface area contributed by atoms with Crippen molar-refractivity contribution in [3.63, 3.8) is 0 Å². The Bertz CT molecular complexity index is 371. The first-order chi connectivity index (χ1) is 9.20. The van der Waals surface area contributed by atoms with Gasteiger partial charge in [0.15, 0.2) is 0 Å². The zero-order valence-corrected chi connectivity index (χ0v) is 13.2. The van der Waals surface area contributed by atoms with Gasteiger partial charge in [-0.15, -0.1) is 5.10 Å². The van der Waals surface area contributed by atoms with Crippen LogP contribution in [0.5, 0.6) is 0 Å². The van der Waals surface area contributed by atoms with Crippen molar-refractivity contribution in [1.82, 2.24) is 14.5 Å². The van der Waals surface area contributed by atoms with Crippen molar-refractivity contribution in [3.05, 3.63) is 5.69 Å². The van der Waals surface area contributed by atoms with Gasteiger partial charge in [0.25, 0.3) is 0 Å². The Balaban J connectivity index is 1.99. The molecule has 0 atom stereocenters. The molecule has 1 saturated carbocycles. The number of hydrogen-bond acceptors (Lipinski definition) is 5. The Morgan fingerprint density at radius 1 is 1.37 bits per heavy atom. The second-order valence-electron chi connectivity index (χ2n) is 5.89. The molecule has 1 heterocycles. The molecule has 108 valence electrons. The molecule has 0 bridgehead atoms. The fourth-order valence-corrected chi connectivity index (χ4v) is 3.30. The highest BCUT2D eigenvalue weighted by Crippen LogP contribution is 2.27. The molecule has 1 aliphatic rings. The van der Waals surface area contributed by atoms with Crippen LogP contribution in [-0.4, -0.2) is 34.1 Å². The number of anilines is 1. The Labute approximate surface area is 120 Å². The van der Waals surface area contributed by atoms with Gasteiger partial charge in [-0.25, -0.2) is 0 Å². The van der Waals surface area contributed by atoms with Crippen molar-refractivity contribution >= 4 is 16.5 Å². The van der Waals surface area contributed by atoms with Crippen molar-refractivity contribution in [2.75, 3.05) is 18.9 Å². The first-order valence-corrected chi connectivity index (χ1v) is 8.21. The van der Waals surface area contributed by atoms with Gasteiger partial charge >= 0.3 is 0 Å². The molecule has 1 aromatic heterocycles. The summed E-state index contributed by atoms with van der Waals surface area (Å²) in [4.78, 5) is 2.63. The Hall–Kier alpha value is -0.680. The van der Waals surface area contributed by atoms with Gasteiger partial charge in [-0.2, -0.15) is 0 Å². The molecule has 1 N–H and O–H groups in total. The molecule has 0 unspecified atom stereocenters. The Morgan fingerprint density at radius 2 is 2.11 bits per heavy atom. The molecule has 5 heteroatoms. The topological polar surface area (TPSA) is 41.1 Å². The summed E-state index contributed by atoms with van der Waals surface area (Å²) in [6, 6.07) is 0.755. The van der Waals surface area contributed by atoms with Crippen molar-refractivity contribution in [1.29, 1.82) is 0 Å². The fourth-order valence-electron chi connectivity index (χ4n) is 2.78. The maximum absolute atomic E-state index is 4.29. The minimum atomic E-state index is 0.755. The summed E-state index contributed by atoms with van der Waals surface area (Å²) in [6.45, 7) is 6.74. The summed E-state index contributed by atoms with van der Waals surface area (Å²) in [7, 11) is 1.95. The van der Waals surface area contributed by atoms with E-state index in [0.717, 1.165) is 29.2 Å². The molecule has 0 aromatic carbocycles. The minimum absolute atomic E-state index is 0.755. The smallest absolute Gasteiger partial charge is 0.134 e. The first-order valence-electron chi connectivity index (χ1n) is 7.43. The average molecular weight is 282 g/mol. The van der Waals surface area contributed by atoms with E-state index in [2.05, 4.69) is 33.7 Å². The van der Waals surface area contributed by atoms with Crippen LogP contribution in [0.4, 0.5) is 5.00 Å². The molecule has 1 aliphatic carbocycles. The third kappa shape index (κ3) is 4.14. The van der Waals surface area contributed by atoms with E-state index in [0.29, 0.717) is 0 Å².